The van der Waals surface area contributed by atoms with Crippen LogP contribution in [0.4, 0.5) is 0 Å². The maximum atomic E-state index is 4.49. The molecule has 5 nitrogen and oxygen atoms in total. The third kappa shape index (κ3) is 4.27. The molecule has 1 aromatic rings. The van der Waals surface area contributed by atoms with E-state index in [4.69, 9.17) is 0 Å². The van der Waals surface area contributed by atoms with Crippen LogP contribution >= 0.6 is 0 Å². The molecule has 2 rings (SSSR count). The van der Waals surface area contributed by atoms with Crippen molar-refractivity contribution >= 4 is 0 Å². The van der Waals surface area contributed by atoms with Crippen molar-refractivity contribution in [3.63, 3.8) is 0 Å². The first kappa shape index (κ1) is 16.4. The van der Waals surface area contributed by atoms with Crippen LogP contribution in [0.15, 0.2) is 6.33 Å². The van der Waals surface area contributed by atoms with Crippen molar-refractivity contribution in [1.82, 2.24) is 25.0 Å². The number of rotatable bonds is 6. The van der Waals surface area contributed by atoms with Gasteiger partial charge >= 0.3 is 0 Å². The Morgan fingerprint density at radius 3 is 2.71 bits per heavy atom. The summed E-state index contributed by atoms with van der Waals surface area (Å²) in [6.45, 7) is 15.4. The van der Waals surface area contributed by atoms with Crippen LogP contribution in [0.3, 0.4) is 0 Å². The molecule has 1 fully saturated rings. The van der Waals surface area contributed by atoms with Crippen molar-refractivity contribution in [2.24, 2.45) is 11.8 Å². The Balaban J connectivity index is 2.06. The van der Waals surface area contributed by atoms with Gasteiger partial charge in [-0.2, -0.15) is 5.10 Å². The number of hydrogen-bond acceptors (Lipinski definition) is 4. The standard InChI is InChI=1S/C16H31N5/c1-6-14-7-17-15(13(4)5)9-20(14)10-16-18-11-19-21(16)8-12(2)3/h11-15,17H,6-10H2,1-5H3. The van der Waals surface area contributed by atoms with E-state index in [-0.39, 0.29) is 0 Å². The van der Waals surface area contributed by atoms with Crippen molar-refractivity contribution in [3.05, 3.63) is 12.2 Å². The molecule has 1 aliphatic heterocycles. The molecule has 0 saturated carbocycles. The molecule has 0 amide bonds. The lowest BCUT2D eigenvalue weighted by atomic mass is 9.98. The highest BCUT2D eigenvalue weighted by molar-refractivity contribution is 4.92. The highest BCUT2D eigenvalue weighted by Gasteiger charge is 2.29. The van der Waals surface area contributed by atoms with E-state index in [0.717, 1.165) is 32.0 Å². The Hall–Kier alpha value is -0.940. The maximum Gasteiger partial charge on any atom is 0.141 e. The lowest BCUT2D eigenvalue weighted by Gasteiger charge is -2.41. The van der Waals surface area contributed by atoms with E-state index in [9.17, 15) is 0 Å². The summed E-state index contributed by atoms with van der Waals surface area (Å²) in [4.78, 5) is 7.08. The maximum absolute atomic E-state index is 4.49. The Labute approximate surface area is 129 Å². The average Bonchev–Trinajstić information content (AvgIpc) is 2.85. The summed E-state index contributed by atoms with van der Waals surface area (Å²) in [7, 11) is 0. The number of nitrogens with zero attached hydrogens (tertiary/aromatic N) is 4. The molecule has 2 atom stereocenters. The second kappa shape index (κ2) is 7.36. The Morgan fingerprint density at radius 2 is 2.10 bits per heavy atom. The van der Waals surface area contributed by atoms with Gasteiger partial charge in [-0.1, -0.05) is 34.6 Å². The quantitative estimate of drug-likeness (QED) is 0.873. The zero-order valence-electron chi connectivity index (χ0n) is 14.2. The van der Waals surface area contributed by atoms with Crippen LogP contribution in [0.1, 0.15) is 46.9 Å². The van der Waals surface area contributed by atoms with Crippen molar-refractivity contribution in [2.75, 3.05) is 13.1 Å². The van der Waals surface area contributed by atoms with Crippen LogP contribution in [0, 0.1) is 11.8 Å². The van der Waals surface area contributed by atoms with Gasteiger partial charge in [0.1, 0.15) is 12.2 Å². The van der Waals surface area contributed by atoms with Crippen LogP contribution < -0.4 is 5.32 Å². The number of hydrogen-bond donors (Lipinski definition) is 1. The number of piperazine rings is 1. The molecule has 0 aromatic carbocycles. The van der Waals surface area contributed by atoms with Crippen LogP contribution in [-0.2, 0) is 13.1 Å². The van der Waals surface area contributed by atoms with Gasteiger partial charge in [0, 0.05) is 31.7 Å². The predicted octanol–water partition coefficient (Wildman–Crippen LogP) is 2.14. The van der Waals surface area contributed by atoms with Gasteiger partial charge in [0.25, 0.3) is 0 Å². The summed E-state index contributed by atoms with van der Waals surface area (Å²) in [5.41, 5.74) is 0. The Kier molecular flexibility index (Phi) is 5.76. The topological polar surface area (TPSA) is 46.0 Å². The summed E-state index contributed by atoms with van der Waals surface area (Å²) in [6, 6.07) is 1.18. The smallest absolute Gasteiger partial charge is 0.141 e. The highest BCUT2D eigenvalue weighted by Crippen LogP contribution is 2.17. The number of nitrogens with one attached hydrogen (secondary N) is 1. The molecule has 0 bridgehead atoms. The Morgan fingerprint density at radius 1 is 1.33 bits per heavy atom. The second-order valence-corrected chi connectivity index (χ2v) is 7.00. The minimum Gasteiger partial charge on any atom is -0.311 e. The molecule has 0 radical (unpaired) electrons. The molecule has 2 unspecified atom stereocenters. The fourth-order valence-electron chi connectivity index (χ4n) is 3.02. The van der Waals surface area contributed by atoms with E-state index in [0.29, 0.717) is 23.9 Å². The van der Waals surface area contributed by atoms with Crippen molar-refractivity contribution < 1.29 is 0 Å². The van der Waals surface area contributed by atoms with E-state index in [1.807, 2.05) is 0 Å². The van der Waals surface area contributed by atoms with Gasteiger partial charge in [0.05, 0.1) is 6.54 Å². The molecular weight excluding hydrogens is 262 g/mol. The molecule has 1 N–H and O–H groups in total. The minimum absolute atomic E-state index is 0.578. The van der Waals surface area contributed by atoms with E-state index in [2.05, 4.69) is 59.6 Å². The van der Waals surface area contributed by atoms with Crippen molar-refractivity contribution in [3.8, 4) is 0 Å². The molecule has 0 aliphatic carbocycles. The minimum atomic E-state index is 0.578. The van der Waals surface area contributed by atoms with Gasteiger partial charge in [0.15, 0.2) is 0 Å². The monoisotopic (exact) mass is 293 g/mol. The molecule has 2 heterocycles. The molecule has 21 heavy (non-hydrogen) atoms. The molecule has 5 heteroatoms. The fraction of sp³-hybridized carbons (Fsp3) is 0.875. The van der Waals surface area contributed by atoms with Gasteiger partial charge < -0.3 is 5.32 Å². The van der Waals surface area contributed by atoms with Crippen molar-refractivity contribution in [2.45, 2.75) is 66.2 Å². The zero-order chi connectivity index (χ0) is 15.4. The van der Waals surface area contributed by atoms with Crippen LogP contribution in [-0.4, -0.2) is 44.8 Å². The van der Waals surface area contributed by atoms with Crippen LogP contribution in [0.25, 0.3) is 0 Å². The normalized spacial score (nSPS) is 24.1. The first-order valence-electron chi connectivity index (χ1n) is 8.35. The van der Waals surface area contributed by atoms with Gasteiger partial charge in [-0.3, -0.25) is 4.90 Å². The molecule has 1 aliphatic rings. The largest absolute Gasteiger partial charge is 0.311 e. The SMILES string of the molecule is CCC1CNC(C(C)C)CN1Cc1ncnn1CC(C)C. The van der Waals surface area contributed by atoms with E-state index in [1.54, 1.807) is 6.33 Å². The third-order valence-corrected chi connectivity index (χ3v) is 4.42. The van der Waals surface area contributed by atoms with Gasteiger partial charge in [-0.05, 0) is 18.3 Å². The predicted molar refractivity (Wildman–Crippen MR) is 86.0 cm³/mol. The summed E-state index contributed by atoms with van der Waals surface area (Å²) >= 11 is 0. The summed E-state index contributed by atoms with van der Waals surface area (Å²) < 4.78 is 2.07. The second-order valence-electron chi connectivity index (χ2n) is 7.00. The van der Waals surface area contributed by atoms with Crippen LogP contribution in [0.2, 0.25) is 0 Å². The van der Waals surface area contributed by atoms with Gasteiger partial charge in [-0.15, -0.1) is 0 Å². The zero-order valence-corrected chi connectivity index (χ0v) is 14.2. The van der Waals surface area contributed by atoms with E-state index >= 15 is 0 Å². The first-order chi connectivity index (χ1) is 10.0. The van der Waals surface area contributed by atoms with E-state index < -0.39 is 0 Å². The van der Waals surface area contributed by atoms with Gasteiger partial charge in [0.2, 0.25) is 0 Å². The molecule has 1 aromatic heterocycles. The summed E-state index contributed by atoms with van der Waals surface area (Å²) in [5.74, 6) is 2.37. The Bertz CT molecular complexity index is 426. The van der Waals surface area contributed by atoms with Gasteiger partial charge in [-0.25, -0.2) is 9.67 Å². The van der Waals surface area contributed by atoms with E-state index in [1.165, 1.54) is 6.42 Å². The molecule has 0 spiro atoms. The lowest BCUT2D eigenvalue weighted by Crippen LogP contribution is -2.57. The summed E-state index contributed by atoms with van der Waals surface area (Å²) in [6.07, 6.45) is 2.87. The molecule has 120 valence electrons. The highest BCUT2D eigenvalue weighted by atomic mass is 15.4. The summed E-state index contributed by atoms with van der Waals surface area (Å²) in [5, 5.41) is 8.08. The number of aromatic nitrogens is 3. The molecular formula is C16H31N5. The molecule has 1 saturated heterocycles. The fourth-order valence-corrected chi connectivity index (χ4v) is 3.02. The first-order valence-corrected chi connectivity index (χ1v) is 8.35. The third-order valence-electron chi connectivity index (χ3n) is 4.42. The average molecular weight is 293 g/mol. The van der Waals surface area contributed by atoms with Crippen molar-refractivity contribution in [1.29, 1.82) is 0 Å². The van der Waals surface area contributed by atoms with Crippen LogP contribution in [0.5, 0.6) is 0 Å². The lowest BCUT2D eigenvalue weighted by molar-refractivity contribution is 0.0986.